The van der Waals surface area contributed by atoms with Crippen LogP contribution in [0.4, 0.5) is 21.9 Å². The molecule has 3 aromatic rings. The van der Waals surface area contributed by atoms with Crippen molar-refractivity contribution in [1.29, 1.82) is 0 Å². The molecule has 162 valence electrons. The fourth-order valence-electron chi connectivity index (χ4n) is 3.74. The van der Waals surface area contributed by atoms with Gasteiger partial charge in [-0.2, -0.15) is 0 Å². The molecule has 0 saturated carbocycles. The molecule has 7 nitrogen and oxygen atoms in total. The smallest absolute Gasteiger partial charge is 0.323 e. The van der Waals surface area contributed by atoms with Crippen molar-refractivity contribution in [2.45, 2.75) is 12.5 Å². The van der Waals surface area contributed by atoms with Gasteiger partial charge in [0.2, 0.25) is 5.91 Å². The van der Waals surface area contributed by atoms with Crippen molar-refractivity contribution in [2.75, 3.05) is 29.1 Å². The minimum atomic E-state index is -0.503. The number of hydrogen-bond donors (Lipinski definition) is 2. The number of benzene rings is 3. The van der Waals surface area contributed by atoms with Crippen LogP contribution in [0.15, 0.2) is 84.9 Å². The average molecular weight is 428 g/mol. The van der Waals surface area contributed by atoms with E-state index in [0.29, 0.717) is 29.9 Å². The highest BCUT2D eigenvalue weighted by atomic mass is 16.2. The third-order valence-corrected chi connectivity index (χ3v) is 5.45. The summed E-state index contributed by atoms with van der Waals surface area (Å²) in [6.07, 6.45) is 0.579. The molecule has 1 aliphatic rings. The second-order valence-corrected chi connectivity index (χ2v) is 7.57. The Morgan fingerprint density at radius 1 is 0.844 bits per heavy atom. The number of nitrogens with zero attached hydrogens (tertiary/aromatic N) is 2. The number of carbonyl (C=O) groups is 3. The highest BCUT2D eigenvalue weighted by molar-refractivity contribution is 6.04. The first-order valence-corrected chi connectivity index (χ1v) is 10.4. The molecule has 0 spiro atoms. The van der Waals surface area contributed by atoms with E-state index in [1.807, 2.05) is 48.5 Å². The number of rotatable bonds is 5. The van der Waals surface area contributed by atoms with Crippen molar-refractivity contribution < 1.29 is 14.4 Å². The Hall–Kier alpha value is -4.13. The lowest BCUT2D eigenvalue weighted by Gasteiger charge is -2.24. The van der Waals surface area contributed by atoms with E-state index in [0.717, 1.165) is 5.69 Å². The second kappa shape index (κ2) is 9.34. The summed E-state index contributed by atoms with van der Waals surface area (Å²) in [7, 11) is 1.65. The van der Waals surface area contributed by atoms with Crippen LogP contribution >= 0.6 is 0 Å². The summed E-state index contributed by atoms with van der Waals surface area (Å²) in [5.41, 5.74) is 2.53. The van der Waals surface area contributed by atoms with Crippen LogP contribution in [0, 0.1) is 0 Å². The van der Waals surface area contributed by atoms with Gasteiger partial charge in [0.15, 0.2) is 0 Å². The summed E-state index contributed by atoms with van der Waals surface area (Å²) in [5.74, 6) is -0.318. The maximum Gasteiger partial charge on any atom is 0.323 e. The molecule has 4 rings (SSSR count). The van der Waals surface area contributed by atoms with Crippen molar-refractivity contribution in [3.05, 3.63) is 90.5 Å². The van der Waals surface area contributed by atoms with Gasteiger partial charge in [0, 0.05) is 36.2 Å². The molecule has 4 amide bonds. The normalized spacial score (nSPS) is 15.3. The molecule has 1 saturated heterocycles. The minimum Gasteiger partial charge on any atom is -0.330 e. The summed E-state index contributed by atoms with van der Waals surface area (Å²) in [5, 5.41) is 5.47. The largest absolute Gasteiger partial charge is 0.330 e. The van der Waals surface area contributed by atoms with Gasteiger partial charge >= 0.3 is 6.03 Å². The second-order valence-electron chi connectivity index (χ2n) is 7.57. The average Bonchev–Trinajstić information content (AvgIpc) is 3.21. The first kappa shape index (κ1) is 21.1. The van der Waals surface area contributed by atoms with Crippen LogP contribution in [0.25, 0.3) is 0 Å². The molecule has 3 aromatic carbocycles. The summed E-state index contributed by atoms with van der Waals surface area (Å²) in [6, 6.07) is 24.3. The van der Waals surface area contributed by atoms with E-state index in [4.69, 9.17) is 0 Å². The van der Waals surface area contributed by atoms with E-state index in [1.165, 1.54) is 4.90 Å². The van der Waals surface area contributed by atoms with Crippen LogP contribution in [-0.2, 0) is 4.79 Å². The van der Waals surface area contributed by atoms with E-state index >= 15 is 0 Å². The van der Waals surface area contributed by atoms with E-state index in [-0.39, 0.29) is 17.8 Å². The third-order valence-electron chi connectivity index (χ3n) is 5.45. The molecule has 0 bridgehead atoms. The van der Waals surface area contributed by atoms with Crippen LogP contribution in [-0.4, -0.2) is 42.4 Å². The topological polar surface area (TPSA) is 81.8 Å². The van der Waals surface area contributed by atoms with Gasteiger partial charge in [0.25, 0.3) is 5.91 Å². The molecular weight excluding hydrogens is 404 g/mol. The van der Waals surface area contributed by atoms with E-state index in [2.05, 4.69) is 10.6 Å². The SMILES string of the molecule is CN(C(=O)c1ccc(NC(=O)Nc2ccccc2)cc1)C1CCN(c2ccccc2)C1=O. The van der Waals surface area contributed by atoms with Gasteiger partial charge in [-0.3, -0.25) is 9.59 Å². The van der Waals surface area contributed by atoms with E-state index in [9.17, 15) is 14.4 Å². The maximum absolute atomic E-state index is 13.0. The Morgan fingerprint density at radius 3 is 2.03 bits per heavy atom. The van der Waals surface area contributed by atoms with Gasteiger partial charge in [0.05, 0.1) is 0 Å². The van der Waals surface area contributed by atoms with Crippen LogP contribution in [0.5, 0.6) is 0 Å². The summed E-state index contributed by atoms with van der Waals surface area (Å²) < 4.78 is 0. The first-order valence-electron chi connectivity index (χ1n) is 10.4. The van der Waals surface area contributed by atoms with Crippen molar-refractivity contribution in [2.24, 2.45) is 0 Å². The van der Waals surface area contributed by atoms with Crippen LogP contribution in [0.3, 0.4) is 0 Å². The molecule has 0 aliphatic carbocycles. The lowest BCUT2D eigenvalue weighted by atomic mass is 10.1. The number of para-hydroxylation sites is 2. The molecule has 32 heavy (non-hydrogen) atoms. The Labute approximate surface area is 186 Å². The Balaban J connectivity index is 1.37. The van der Waals surface area contributed by atoms with Crippen molar-refractivity contribution in [3.63, 3.8) is 0 Å². The molecule has 2 N–H and O–H groups in total. The number of likely N-dealkylation sites (N-methyl/N-ethyl adjacent to an activating group) is 1. The number of carbonyl (C=O) groups excluding carboxylic acids is 3. The first-order chi connectivity index (χ1) is 15.5. The number of hydrogen-bond acceptors (Lipinski definition) is 3. The van der Waals surface area contributed by atoms with E-state index in [1.54, 1.807) is 48.3 Å². The quantitative estimate of drug-likeness (QED) is 0.639. The van der Waals surface area contributed by atoms with Gasteiger partial charge in [-0.1, -0.05) is 36.4 Å². The summed E-state index contributed by atoms with van der Waals surface area (Å²) in [4.78, 5) is 41.2. The van der Waals surface area contributed by atoms with Gasteiger partial charge in [0.1, 0.15) is 6.04 Å². The predicted octanol–water partition coefficient (Wildman–Crippen LogP) is 4.21. The molecule has 1 heterocycles. The third kappa shape index (κ3) is 4.62. The molecule has 1 aliphatic heterocycles. The lowest BCUT2D eigenvalue weighted by molar-refractivity contribution is -0.120. The van der Waals surface area contributed by atoms with Crippen LogP contribution in [0.1, 0.15) is 16.8 Å². The molecule has 7 heteroatoms. The Kier molecular flexibility index (Phi) is 6.17. The highest BCUT2D eigenvalue weighted by Crippen LogP contribution is 2.24. The molecular formula is C25H24N4O3. The Bertz CT molecular complexity index is 1100. The lowest BCUT2D eigenvalue weighted by Crippen LogP contribution is -2.43. The van der Waals surface area contributed by atoms with Gasteiger partial charge in [-0.05, 0) is 55.0 Å². The summed E-state index contributed by atoms with van der Waals surface area (Å²) in [6.45, 7) is 0.574. The zero-order valence-electron chi connectivity index (χ0n) is 17.7. The number of amides is 4. The van der Waals surface area contributed by atoms with E-state index < -0.39 is 6.04 Å². The van der Waals surface area contributed by atoms with Gasteiger partial charge in [-0.15, -0.1) is 0 Å². The fraction of sp³-hybridized carbons (Fsp3) is 0.160. The molecule has 1 fully saturated rings. The minimum absolute atomic E-state index is 0.0806. The van der Waals surface area contributed by atoms with Crippen LogP contribution < -0.4 is 15.5 Å². The summed E-state index contributed by atoms with van der Waals surface area (Å²) >= 11 is 0. The van der Waals surface area contributed by atoms with Crippen molar-refractivity contribution in [1.82, 2.24) is 4.90 Å². The number of anilines is 3. The standard InChI is InChI=1S/C25H24N4O3/c1-28(22-16-17-29(24(22)31)21-10-6-3-7-11-21)23(30)18-12-14-20(15-13-18)27-25(32)26-19-8-4-2-5-9-19/h2-15,22H,16-17H2,1H3,(H2,26,27,32). The van der Waals surface area contributed by atoms with Gasteiger partial charge < -0.3 is 20.4 Å². The number of nitrogens with one attached hydrogen (secondary N) is 2. The Morgan fingerprint density at radius 2 is 1.41 bits per heavy atom. The predicted molar refractivity (Wildman–Crippen MR) is 125 cm³/mol. The molecule has 0 aromatic heterocycles. The molecule has 1 unspecified atom stereocenters. The van der Waals surface area contributed by atoms with Crippen molar-refractivity contribution >= 4 is 34.9 Å². The van der Waals surface area contributed by atoms with Gasteiger partial charge in [-0.25, -0.2) is 4.79 Å². The molecule has 0 radical (unpaired) electrons. The zero-order chi connectivity index (χ0) is 22.5. The highest BCUT2D eigenvalue weighted by Gasteiger charge is 2.37. The van der Waals surface area contributed by atoms with Crippen molar-refractivity contribution in [3.8, 4) is 0 Å². The molecule has 1 atom stereocenters. The van der Waals surface area contributed by atoms with Crippen LogP contribution in [0.2, 0.25) is 0 Å². The zero-order valence-corrected chi connectivity index (χ0v) is 17.7. The monoisotopic (exact) mass is 428 g/mol. The maximum atomic E-state index is 13.0. The fourth-order valence-corrected chi connectivity index (χ4v) is 3.74. The number of urea groups is 1.